The number of fused-ring (bicyclic) bond motifs is 2. The van der Waals surface area contributed by atoms with Crippen LogP contribution in [0.1, 0.15) is 38.2 Å². The number of hydrogen-bond donors (Lipinski definition) is 1. The molecule has 41 heavy (non-hydrogen) atoms. The van der Waals surface area contributed by atoms with Gasteiger partial charge in [0.25, 0.3) is 0 Å². The number of aromatic nitrogens is 4. The minimum Gasteiger partial charge on any atom is -0.356 e. The van der Waals surface area contributed by atoms with Crippen LogP contribution in [-0.4, -0.2) is 106 Å². The lowest BCUT2D eigenvalue weighted by atomic mass is 9.98. The molecule has 1 fully saturated rings. The van der Waals surface area contributed by atoms with E-state index in [0.717, 1.165) is 65.1 Å². The van der Waals surface area contributed by atoms with E-state index < -0.39 is 0 Å². The number of likely N-dealkylation sites (N-methyl/N-ethyl adjacent to an activating group) is 2. The maximum Gasteiger partial charge on any atom is 0.236 e. The van der Waals surface area contributed by atoms with Crippen molar-refractivity contribution in [3.63, 3.8) is 0 Å². The number of hydrogen-bond acceptors (Lipinski definition) is 6. The van der Waals surface area contributed by atoms with Crippen LogP contribution in [0, 0.1) is 0 Å². The fourth-order valence-corrected chi connectivity index (χ4v) is 5.84. The molecule has 0 aliphatic carbocycles. The first-order valence-electron chi connectivity index (χ1n) is 14.4. The van der Waals surface area contributed by atoms with Crippen LogP contribution >= 0.6 is 0 Å². The van der Waals surface area contributed by atoms with Gasteiger partial charge in [-0.3, -0.25) is 14.5 Å². The van der Waals surface area contributed by atoms with E-state index in [-0.39, 0.29) is 36.9 Å². The lowest BCUT2D eigenvalue weighted by Gasteiger charge is -2.39. The Balaban J connectivity index is 1.40. The summed E-state index contributed by atoms with van der Waals surface area (Å²) in [5, 5.41) is 1.12. The number of H-pyrrole nitrogens is 1. The number of amides is 2. The average Bonchev–Trinajstić information content (AvgIpc) is 3.50. The zero-order valence-electron chi connectivity index (χ0n) is 25.3. The molecule has 5 heterocycles. The first-order chi connectivity index (χ1) is 19.5. The van der Waals surface area contributed by atoms with E-state index in [1.54, 1.807) is 38.0 Å². The Hall–Kier alpha value is -3.92. The van der Waals surface area contributed by atoms with Crippen molar-refractivity contribution in [3.8, 4) is 11.3 Å². The SMILES string of the molecule is CC(C)c1c(-c2cn(C)c3ncccc23)[nH]c2ccc(N3CCC(N(CC(=O)N(C)C)CC(=O)N(C)C)CC3)nc12. The highest BCUT2D eigenvalue weighted by atomic mass is 16.2. The summed E-state index contributed by atoms with van der Waals surface area (Å²) in [6, 6.07) is 8.50. The summed E-state index contributed by atoms with van der Waals surface area (Å²) in [5.41, 5.74) is 6.44. The third-order valence-corrected chi connectivity index (χ3v) is 8.22. The van der Waals surface area contributed by atoms with Crippen LogP contribution in [-0.2, 0) is 16.6 Å². The van der Waals surface area contributed by atoms with E-state index in [4.69, 9.17) is 4.98 Å². The van der Waals surface area contributed by atoms with Crippen molar-refractivity contribution in [3.05, 3.63) is 42.2 Å². The minimum atomic E-state index is 0.0116. The molecule has 0 radical (unpaired) electrons. The van der Waals surface area contributed by atoms with Gasteiger partial charge in [0, 0.05) is 83.3 Å². The van der Waals surface area contributed by atoms with Crippen LogP contribution in [0.15, 0.2) is 36.7 Å². The summed E-state index contributed by atoms with van der Waals surface area (Å²) < 4.78 is 2.07. The molecule has 0 aromatic carbocycles. The van der Waals surface area contributed by atoms with Crippen molar-refractivity contribution in [1.29, 1.82) is 0 Å². The van der Waals surface area contributed by atoms with E-state index in [0.29, 0.717) is 0 Å². The third kappa shape index (κ3) is 5.66. The molecule has 10 heteroatoms. The molecule has 1 N–H and O–H groups in total. The van der Waals surface area contributed by atoms with Gasteiger partial charge in [-0.25, -0.2) is 9.97 Å². The molecule has 0 saturated carbocycles. The monoisotopic (exact) mass is 558 g/mol. The molecule has 10 nitrogen and oxygen atoms in total. The Labute approximate surface area is 241 Å². The highest BCUT2D eigenvalue weighted by molar-refractivity contribution is 5.98. The number of carbonyl (C=O) groups excluding carboxylic acids is 2. The van der Waals surface area contributed by atoms with E-state index in [1.165, 1.54) is 5.56 Å². The number of aromatic amines is 1. The molecular formula is C31H42N8O2. The Bertz CT molecular complexity index is 1540. The molecule has 0 atom stereocenters. The molecule has 2 amide bonds. The van der Waals surface area contributed by atoms with Crippen LogP contribution in [0.25, 0.3) is 33.3 Å². The summed E-state index contributed by atoms with van der Waals surface area (Å²) in [4.78, 5) is 46.1. The first-order valence-corrected chi connectivity index (χ1v) is 14.4. The lowest BCUT2D eigenvalue weighted by molar-refractivity contribution is -0.134. The molecule has 0 spiro atoms. The molecule has 4 aromatic heterocycles. The summed E-state index contributed by atoms with van der Waals surface area (Å²) in [5.74, 6) is 1.26. The maximum absolute atomic E-state index is 12.6. The second-order valence-corrected chi connectivity index (χ2v) is 11.9. The van der Waals surface area contributed by atoms with Crippen LogP contribution in [0.4, 0.5) is 5.82 Å². The Morgan fingerprint density at radius 2 is 1.68 bits per heavy atom. The zero-order valence-corrected chi connectivity index (χ0v) is 25.3. The van der Waals surface area contributed by atoms with E-state index >= 15 is 0 Å². The summed E-state index contributed by atoms with van der Waals surface area (Å²) in [7, 11) is 9.06. The number of nitrogens with one attached hydrogen (secondary N) is 1. The molecule has 1 saturated heterocycles. The number of carbonyl (C=O) groups is 2. The quantitative estimate of drug-likeness (QED) is 0.355. The van der Waals surface area contributed by atoms with Gasteiger partial charge < -0.3 is 24.3 Å². The number of rotatable bonds is 8. The average molecular weight is 559 g/mol. The fourth-order valence-electron chi connectivity index (χ4n) is 5.84. The number of nitrogens with zero attached hydrogens (tertiary/aromatic N) is 7. The Kier molecular flexibility index (Phi) is 8.04. The number of pyridine rings is 2. The van der Waals surface area contributed by atoms with Crippen LogP contribution in [0.2, 0.25) is 0 Å². The summed E-state index contributed by atoms with van der Waals surface area (Å²) in [6.07, 6.45) is 5.70. The van der Waals surface area contributed by atoms with E-state index in [1.807, 2.05) is 24.2 Å². The van der Waals surface area contributed by atoms with Crippen molar-refractivity contribution in [1.82, 2.24) is 34.2 Å². The summed E-state index contributed by atoms with van der Waals surface area (Å²) in [6.45, 7) is 6.55. The van der Waals surface area contributed by atoms with Gasteiger partial charge in [-0.1, -0.05) is 13.8 Å². The highest BCUT2D eigenvalue weighted by Crippen LogP contribution is 2.39. The second-order valence-electron chi connectivity index (χ2n) is 11.9. The van der Waals surface area contributed by atoms with Gasteiger partial charge in [-0.05, 0) is 43.0 Å². The number of piperidine rings is 1. The zero-order chi connectivity index (χ0) is 29.4. The molecule has 5 rings (SSSR count). The first kappa shape index (κ1) is 28.6. The number of anilines is 1. The van der Waals surface area contributed by atoms with Gasteiger partial charge in [0.2, 0.25) is 11.8 Å². The summed E-state index contributed by atoms with van der Waals surface area (Å²) >= 11 is 0. The molecule has 0 bridgehead atoms. The van der Waals surface area contributed by atoms with Gasteiger partial charge in [-0.2, -0.15) is 0 Å². The molecule has 0 unspecified atom stereocenters. The predicted molar refractivity (Wildman–Crippen MR) is 164 cm³/mol. The van der Waals surface area contributed by atoms with E-state index in [2.05, 4.69) is 57.7 Å². The lowest BCUT2D eigenvalue weighted by Crippen LogP contribution is -2.51. The highest BCUT2D eigenvalue weighted by Gasteiger charge is 2.29. The van der Waals surface area contributed by atoms with Gasteiger partial charge in [0.15, 0.2) is 0 Å². The molecular weight excluding hydrogens is 516 g/mol. The van der Waals surface area contributed by atoms with Crippen molar-refractivity contribution in [2.24, 2.45) is 7.05 Å². The molecule has 218 valence electrons. The largest absolute Gasteiger partial charge is 0.356 e. The van der Waals surface area contributed by atoms with Crippen molar-refractivity contribution >= 4 is 39.7 Å². The van der Waals surface area contributed by atoms with Crippen molar-refractivity contribution in [2.75, 3.05) is 59.3 Å². The second kappa shape index (κ2) is 11.5. The smallest absolute Gasteiger partial charge is 0.236 e. The van der Waals surface area contributed by atoms with Crippen LogP contribution in [0.3, 0.4) is 0 Å². The third-order valence-electron chi connectivity index (χ3n) is 8.22. The van der Waals surface area contributed by atoms with Gasteiger partial charge in [-0.15, -0.1) is 0 Å². The van der Waals surface area contributed by atoms with Gasteiger partial charge in [0.1, 0.15) is 11.5 Å². The topological polar surface area (TPSA) is 93.6 Å². The van der Waals surface area contributed by atoms with Crippen LogP contribution in [0.5, 0.6) is 0 Å². The Morgan fingerprint density at radius 1 is 1.02 bits per heavy atom. The molecule has 1 aliphatic rings. The Morgan fingerprint density at radius 3 is 2.29 bits per heavy atom. The minimum absolute atomic E-state index is 0.0116. The molecule has 1 aliphatic heterocycles. The number of aryl methyl sites for hydroxylation is 1. The van der Waals surface area contributed by atoms with Gasteiger partial charge in [0.05, 0.1) is 29.8 Å². The van der Waals surface area contributed by atoms with Crippen molar-refractivity contribution in [2.45, 2.75) is 38.6 Å². The molecule has 4 aromatic rings. The van der Waals surface area contributed by atoms with Crippen LogP contribution < -0.4 is 4.90 Å². The predicted octanol–water partition coefficient (Wildman–Crippen LogP) is 3.69. The standard InChI is InChI=1S/C31H42N8O2/c1-20(2)28-29(23-17-37(7)31-22(23)9-8-14-32-31)33-24-10-11-25(34-30(24)28)38-15-12-21(13-16-38)39(18-26(40)35(3)4)19-27(41)36(5)6/h8-11,14,17,20-21,33H,12-13,15-16,18-19H2,1-7H3. The van der Waals surface area contributed by atoms with E-state index in [9.17, 15) is 9.59 Å². The maximum atomic E-state index is 12.6. The fraction of sp³-hybridized carbons (Fsp3) is 0.484. The van der Waals surface area contributed by atoms with Crippen molar-refractivity contribution < 1.29 is 9.59 Å². The van der Waals surface area contributed by atoms with Gasteiger partial charge >= 0.3 is 0 Å². The normalized spacial score (nSPS) is 14.5.